The molecule has 7 nitrogen and oxygen atoms in total. The minimum Gasteiger partial charge on any atom is -0.780 e. The van der Waals surface area contributed by atoms with Gasteiger partial charge in [0.15, 0.2) is 5.78 Å². The maximum absolute atomic E-state index is 13.3. The van der Waals surface area contributed by atoms with E-state index in [4.69, 9.17) is 0 Å². The van der Waals surface area contributed by atoms with Gasteiger partial charge in [-0.2, -0.15) is 0 Å². The Hall–Kier alpha value is -1.38. The van der Waals surface area contributed by atoms with Crippen molar-refractivity contribution < 1.29 is 82.8 Å². The Morgan fingerprint density at radius 3 is 2.15 bits per heavy atom. The van der Waals surface area contributed by atoms with Crippen LogP contribution in [-0.2, 0) is 4.57 Å². The summed E-state index contributed by atoms with van der Waals surface area (Å²) in [6.45, 7) is 0. The monoisotopic (exact) mass is 480 g/mol. The number of nitrogens with zero attached hydrogens (tertiary/aromatic N) is 2. The molecular formula is C23H19N2Na2O5P. The molecule has 0 saturated heterocycles. The van der Waals surface area contributed by atoms with Crippen molar-refractivity contribution in [1.82, 2.24) is 4.57 Å². The van der Waals surface area contributed by atoms with Crippen LogP contribution in [0.2, 0.25) is 0 Å². The van der Waals surface area contributed by atoms with Crippen molar-refractivity contribution in [3.63, 3.8) is 0 Å². The molecule has 0 aliphatic rings. The third kappa shape index (κ3) is 6.20. The maximum atomic E-state index is 13.3. The van der Waals surface area contributed by atoms with E-state index >= 15 is 0 Å². The van der Waals surface area contributed by atoms with Crippen LogP contribution in [0.25, 0.3) is 16.6 Å². The average molecular weight is 480 g/mol. The molecule has 0 aliphatic carbocycles. The fourth-order valence-corrected chi connectivity index (χ4v) is 3.87. The molecule has 0 atom stereocenters. The van der Waals surface area contributed by atoms with Crippen LogP contribution in [0.3, 0.4) is 0 Å². The SMILES string of the molecule is CN(C)c1ccc(C(=O)c2ccccc2-n2cc(OP(=O)([O-])[O-])c3ccccc32)cc1.[Na+].[Na+]. The molecule has 1 heterocycles. The summed E-state index contributed by atoms with van der Waals surface area (Å²) in [6, 6.07) is 21.2. The summed E-state index contributed by atoms with van der Waals surface area (Å²) in [7, 11) is -1.40. The number of hydrogen-bond donors (Lipinski definition) is 0. The zero-order valence-corrected chi connectivity index (χ0v) is 23.8. The Morgan fingerprint density at radius 2 is 1.52 bits per heavy atom. The summed E-state index contributed by atoms with van der Waals surface area (Å²) in [5, 5.41) is 0.451. The van der Waals surface area contributed by atoms with Gasteiger partial charge < -0.3 is 28.3 Å². The zero-order chi connectivity index (χ0) is 22.2. The molecule has 3 aromatic carbocycles. The smallest absolute Gasteiger partial charge is 0.780 e. The molecule has 0 fully saturated rings. The van der Waals surface area contributed by atoms with Crippen molar-refractivity contribution in [2.75, 3.05) is 19.0 Å². The van der Waals surface area contributed by atoms with Crippen molar-refractivity contribution in [3.8, 4) is 11.4 Å². The number of ketones is 1. The first-order valence-corrected chi connectivity index (χ1v) is 10.9. The van der Waals surface area contributed by atoms with Crippen molar-refractivity contribution in [2.45, 2.75) is 0 Å². The molecule has 0 unspecified atom stereocenters. The summed E-state index contributed by atoms with van der Waals surface area (Å²) >= 11 is 0. The minimum atomic E-state index is -5.25. The molecule has 4 aromatic rings. The van der Waals surface area contributed by atoms with Crippen LogP contribution in [0, 0.1) is 0 Å². The Bertz CT molecular complexity index is 1320. The van der Waals surface area contributed by atoms with Crippen LogP contribution in [-0.4, -0.2) is 24.4 Å². The predicted octanol–water partition coefficient (Wildman–Crippen LogP) is -2.86. The zero-order valence-electron chi connectivity index (χ0n) is 18.9. The van der Waals surface area contributed by atoms with Crippen LogP contribution in [0.4, 0.5) is 5.69 Å². The quantitative estimate of drug-likeness (QED) is 0.167. The Kier molecular flexibility index (Phi) is 9.59. The third-order valence-electron chi connectivity index (χ3n) is 4.94. The van der Waals surface area contributed by atoms with Crippen molar-refractivity contribution in [3.05, 3.63) is 90.1 Å². The summed E-state index contributed by atoms with van der Waals surface area (Å²) < 4.78 is 17.5. The molecule has 158 valence electrons. The van der Waals surface area contributed by atoms with Gasteiger partial charge in [0.1, 0.15) is 13.6 Å². The van der Waals surface area contributed by atoms with E-state index in [1.807, 2.05) is 31.1 Å². The van der Waals surface area contributed by atoms with Crippen LogP contribution >= 0.6 is 7.82 Å². The number of phosphoric acid groups is 1. The number of phosphoric ester groups is 1. The van der Waals surface area contributed by atoms with Crippen LogP contribution in [0.15, 0.2) is 79.0 Å². The average Bonchev–Trinajstić information content (AvgIpc) is 3.10. The van der Waals surface area contributed by atoms with E-state index in [0.717, 1.165) is 5.69 Å². The van der Waals surface area contributed by atoms with Gasteiger partial charge in [0.05, 0.1) is 17.4 Å². The molecular weight excluding hydrogens is 461 g/mol. The molecule has 0 radical (unpaired) electrons. The van der Waals surface area contributed by atoms with E-state index in [9.17, 15) is 19.1 Å². The van der Waals surface area contributed by atoms with Crippen LogP contribution in [0.1, 0.15) is 15.9 Å². The summed E-state index contributed by atoms with van der Waals surface area (Å²) in [5.41, 5.74) is 3.08. The summed E-state index contributed by atoms with van der Waals surface area (Å²) in [5.74, 6) is -0.263. The largest absolute Gasteiger partial charge is 1.00 e. The van der Waals surface area contributed by atoms with E-state index in [1.54, 1.807) is 65.2 Å². The number of carbonyl (C=O) groups is 1. The molecule has 0 aliphatic heterocycles. The Labute approximate surface area is 236 Å². The number of benzene rings is 3. The fraction of sp³-hybridized carbons (Fsp3) is 0.0870. The first kappa shape index (κ1) is 27.9. The minimum absolute atomic E-state index is 0. The second kappa shape index (κ2) is 11.4. The van der Waals surface area contributed by atoms with E-state index in [0.29, 0.717) is 27.7 Å². The van der Waals surface area contributed by atoms with Gasteiger partial charge in [-0.3, -0.25) is 4.79 Å². The van der Waals surface area contributed by atoms with Gasteiger partial charge in [0, 0.05) is 36.3 Å². The number of anilines is 1. The Morgan fingerprint density at radius 1 is 0.909 bits per heavy atom. The Balaban J connectivity index is 0.00000193. The summed E-state index contributed by atoms with van der Waals surface area (Å²) in [6.07, 6.45) is 1.41. The molecule has 10 heteroatoms. The first-order chi connectivity index (χ1) is 14.7. The maximum Gasteiger partial charge on any atom is 1.00 e. The molecule has 33 heavy (non-hydrogen) atoms. The normalized spacial score (nSPS) is 10.8. The van der Waals surface area contributed by atoms with Crippen molar-refractivity contribution in [1.29, 1.82) is 0 Å². The van der Waals surface area contributed by atoms with Gasteiger partial charge >= 0.3 is 59.1 Å². The molecule has 0 bridgehead atoms. The van der Waals surface area contributed by atoms with Crippen molar-refractivity contribution in [2.24, 2.45) is 0 Å². The second-order valence-corrected chi connectivity index (χ2v) is 8.28. The topological polar surface area (TPSA) is 97.7 Å². The van der Waals surface area contributed by atoms with E-state index < -0.39 is 7.82 Å². The van der Waals surface area contributed by atoms with Gasteiger partial charge in [0.2, 0.25) is 0 Å². The molecule has 0 saturated carbocycles. The molecule has 1 aromatic heterocycles. The molecule has 0 N–H and O–H groups in total. The van der Waals surface area contributed by atoms with E-state index in [1.165, 1.54) is 6.20 Å². The van der Waals surface area contributed by atoms with E-state index in [2.05, 4.69) is 4.52 Å². The van der Waals surface area contributed by atoms with Crippen LogP contribution < -0.4 is 78.3 Å². The number of carbonyl (C=O) groups excluding carboxylic acids is 1. The molecule has 4 rings (SSSR count). The number of fused-ring (bicyclic) bond motifs is 1. The fourth-order valence-electron chi connectivity index (χ4n) is 3.48. The summed E-state index contributed by atoms with van der Waals surface area (Å²) in [4.78, 5) is 37.7. The van der Waals surface area contributed by atoms with Gasteiger partial charge in [-0.1, -0.05) is 24.3 Å². The number of hydrogen-bond acceptors (Lipinski definition) is 6. The third-order valence-corrected chi connectivity index (χ3v) is 5.36. The number of aromatic nitrogens is 1. The van der Waals surface area contributed by atoms with Gasteiger partial charge in [-0.25, -0.2) is 0 Å². The number of rotatable bonds is 6. The molecule has 0 spiro atoms. The van der Waals surface area contributed by atoms with Gasteiger partial charge in [-0.15, -0.1) is 0 Å². The first-order valence-electron chi connectivity index (χ1n) is 9.48. The van der Waals surface area contributed by atoms with Gasteiger partial charge in [-0.05, 0) is 48.5 Å². The van der Waals surface area contributed by atoms with Crippen LogP contribution in [0.5, 0.6) is 5.75 Å². The molecule has 0 amide bonds. The second-order valence-electron chi connectivity index (χ2n) is 7.21. The van der Waals surface area contributed by atoms with Gasteiger partial charge in [0.25, 0.3) is 0 Å². The van der Waals surface area contributed by atoms with Crippen molar-refractivity contribution >= 4 is 30.2 Å². The van der Waals surface area contributed by atoms with E-state index in [-0.39, 0.29) is 70.6 Å². The standard InChI is InChI=1S/C23H21N2O5P.2Na/c1-24(2)17-13-11-16(12-14-17)23(26)19-8-4-6-10-21(19)25-15-22(30-31(27,28)29)18-7-3-5-9-20(18)25;;/h3-15H,1-2H3,(H2,27,28,29);;/q;2*+1/p-2. The number of para-hydroxylation sites is 2. The predicted molar refractivity (Wildman–Crippen MR) is 116 cm³/mol.